The molecule has 1 unspecified atom stereocenters. The molecule has 0 radical (unpaired) electrons. The monoisotopic (exact) mass is 338 g/mol. The third kappa shape index (κ3) is 7.41. The van der Waals surface area contributed by atoms with Gasteiger partial charge in [0.1, 0.15) is 12.4 Å². The maximum absolute atomic E-state index is 13.6. The van der Waals surface area contributed by atoms with Gasteiger partial charge < -0.3 is 21.1 Å². The van der Waals surface area contributed by atoms with Crippen LogP contribution in [0.15, 0.2) is 29.3 Å². The largest absolute Gasteiger partial charge is 0.386 e. The Kier molecular flexibility index (Phi) is 7.64. The highest BCUT2D eigenvalue weighted by molar-refractivity contribution is 5.85. The van der Waals surface area contributed by atoms with Crippen LogP contribution in [0.5, 0.6) is 0 Å². The van der Waals surface area contributed by atoms with Gasteiger partial charge in [0.05, 0.1) is 6.10 Å². The third-order valence-electron chi connectivity index (χ3n) is 2.97. The Labute approximate surface area is 142 Å². The van der Waals surface area contributed by atoms with Crippen LogP contribution < -0.4 is 16.0 Å². The zero-order chi connectivity index (χ0) is 18.2. The molecular formula is C17H27FN4O2. The highest BCUT2D eigenvalue weighted by Crippen LogP contribution is 2.15. The van der Waals surface area contributed by atoms with E-state index in [2.05, 4.69) is 20.9 Å². The summed E-state index contributed by atoms with van der Waals surface area (Å²) in [7, 11) is 0. The Morgan fingerprint density at radius 3 is 2.54 bits per heavy atom. The standard InChI is InChI=1S/C17H27FN4O2/c1-5-19-16(21-11-15(24)22-17(2,3)4)20-10-14(23)12-8-6-7-9-13(12)18/h6-9,14,23H,5,10-11H2,1-4H3,(H,22,24)(H2,19,20,21). The Hall–Kier alpha value is -2.15. The van der Waals surface area contributed by atoms with Crippen LogP contribution in [0, 0.1) is 5.82 Å². The molecule has 4 N–H and O–H groups in total. The summed E-state index contributed by atoms with van der Waals surface area (Å²) in [5.41, 5.74) is -0.106. The minimum atomic E-state index is -1.02. The summed E-state index contributed by atoms with van der Waals surface area (Å²) in [4.78, 5) is 16.0. The lowest BCUT2D eigenvalue weighted by Gasteiger charge is -2.20. The molecule has 0 spiro atoms. The molecule has 1 aromatic rings. The number of benzene rings is 1. The highest BCUT2D eigenvalue weighted by atomic mass is 19.1. The van der Waals surface area contributed by atoms with Crippen molar-refractivity contribution < 1.29 is 14.3 Å². The predicted octanol–water partition coefficient (Wildman–Crippen LogP) is 1.33. The summed E-state index contributed by atoms with van der Waals surface area (Å²) < 4.78 is 13.6. The van der Waals surface area contributed by atoms with Gasteiger partial charge in [-0.25, -0.2) is 9.38 Å². The van der Waals surface area contributed by atoms with E-state index in [-0.39, 0.29) is 30.1 Å². The number of rotatable bonds is 6. The van der Waals surface area contributed by atoms with Crippen molar-refractivity contribution in [1.82, 2.24) is 16.0 Å². The summed E-state index contributed by atoms with van der Waals surface area (Å²) >= 11 is 0. The number of aliphatic hydroxyl groups is 1. The maximum atomic E-state index is 13.6. The lowest BCUT2D eigenvalue weighted by Crippen LogP contribution is -2.43. The van der Waals surface area contributed by atoms with Crippen LogP contribution in [0.4, 0.5) is 4.39 Å². The molecule has 0 aliphatic carbocycles. The average Bonchev–Trinajstić information content (AvgIpc) is 2.48. The number of guanidine groups is 1. The van der Waals surface area contributed by atoms with E-state index in [0.29, 0.717) is 12.5 Å². The Bertz CT molecular complexity index is 570. The molecule has 7 heteroatoms. The molecule has 6 nitrogen and oxygen atoms in total. The first kappa shape index (κ1) is 19.9. The van der Waals surface area contributed by atoms with Gasteiger partial charge in [0, 0.05) is 24.2 Å². The van der Waals surface area contributed by atoms with Crippen LogP contribution >= 0.6 is 0 Å². The number of hydrogen-bond acceptors (Lipinski definition) is 3. The SMILES string of the molecule is CCNC(=NCC(=O)NC(C)(C)C)NCC(O)c1ccccc1F. The molecule has 0 saturated heterocycles. The van der Waals surface area contributed by atoms with Crippen molar-refractivity contribution in [3.63, 3.8) is 0 Å². The molecule has 1 aromatic carbocycles. The van der Waals surface area contributed by atoms with Crippen molar-refractivity contribution in [1.29, 1.82) is 0 Å². The van der Waals surface area contributed by atoms with Crippen LogP contribution in [0.25, 0.3) is 0 Å². The lowest BCUT2D eigenvalue weighted by molar-refractivity contribution is -0.121. The second-order valence-corrected chi connectivity index (χ2v) is 6.41. The summed E-state index contributed by atoms with van der Waals surface area (Å²) in [5, 5.41) is 18.8. The Morgan fingerprint density at radius 2 is 1.96 bits per heavy atom. The number of hydrogen-bond donors (Lipinski definition) is 4. The lowest BCUT2D eigenvalue weighted by atomic mass is 10.1. The number of halogens is 1. The van der Waals surface area contributed by atoms with Gasteiger partial charge in [0.2, 0.25) is 5.91 Å². The first-order valence-corrected chi connectivity index (χ1v) is 7.98. The molecule has 0 aliphatic rings. The van der Waals surface area contributed by atoms with Gasteiger partial charge in [-0.3, -0.25) is 4.79 Å². The molecule has 1 atom stereocenters. The van der Waals surface area contributed by atoms with E-state index in [0.717, 1.165) is 0 Å². The fraction of sp³-hybridized carbons (Fsp3) is 0.529. The first-order valence-electron chi connectivity index (χ1n) is 7.98. The predicted molar refractivity (Wildman–Crippen MR) is 93.2 cm³/mol. The normalized spacial score (nSPS) is 13.3. The molecule has 0 aromatic heterocycles. The van der Waals surface area contributed by atoms with Crippen LogP contribution in [0.3, 0.4) is 0 Å². The molecule has 0 heterocycles. The molecule has 134 valence electrons. The minimum Gasteiger partial charge on any atom is -0.386 e. The van der Waals surface area contributed by atoms with Crippen LogP contribution in [0.2, 0.25) is 0 Å². The van der Waals surface area contributed by atoms with Crippen molar-refractivity contribution in [2.45, 2.75) is 39.3 Å². The zero-order valence-corrected chi connectivity index (χ0v) is 14.7. The Balaban J connectivity index is 2.61. The van der Waals surface area contributed by atoms with Gasteiger partial charge in [-0.1, -0.05) is 18.2 Å². The van der Waals surface area contributed by atoms with Crippen molar-refractivity contribution in [3.05, 3.63) is 35.6 Å². The molecule has 0 bridgehead atoms. The van der Waals surface area contributed by atoms with Gasteiger partial charge in [-0.05, 0) is 33.8 Å². The van der Waals surface area contributed by atoms with E-state index in [1.54, 1.807) is 12.1 Å². The minimum absolute atomic E-state index is 0.0393. The van der Waals surface area contributed by atoms with Gasteiger partial charge in [-0.15, -0.1) is 0 Å². The molecule has 0 aliphatic heterocycles. The topological polar surface area (TPSA) is 85.8 Å². The average molecular weight is 338 g/mol. The quantitative estimate of drug-likeness (QED) is 0.466. The van der Waals surface area contributed by atoms with Crippen molar-refractivity contribution >= 4 is 11.9 Å². The zero-order valence-electron chi connectivity index (χ0n) is 14.7. The number of carbonyl (C=O) groups excluding carboxylic acids is 1. The summed E-state index contributed by atoms with van der Waals surface area (Å²) in [5.74, 6) is -0.274. The molecular weight excluding hydrogens is 311 g/mol. The number of aliphatic imine (C=N–C) groups is 1. The smallest absolute Gasteiger partial charge is 0.242 e. The fourth-order valence-corrected chi connectivity index (χ4v) is 2.00. The number of nitrogens with zero attached hydrogens (tertiary/aromatic N) is 1. The first-order chi connectivity index (χ1) is 11.2. The molecule has 24 heavy (non-hydrogen) atoms. The van der Waals surface area contributed by atoms with E-state index < -0.39 is 11.9 Å². The van der Waals surface area contributed by atoms with Gasteiger partial charge >= 0.3 is 0 Å². The van der Waals surface area contributed by atoms with Crippen LogP contribution in [-0.2, 0) is 4.79 Å². The number of aliphatic hydroxyl groups excluding tert-OH is 1. The number of amides is 1. The van der Waals surface area contributed by atoms with Crippen molar-refractivity contribution in [2.75, 3.05) is 19.6 Å². The van der Waals surface area contributed by atoms with E-state index in [4.69, 9.17) is 0 Å². The van der Waals surface area contributed by atoms with E-state index in [1.807, 2.05) is 27.7 Å². The molecule has 0 fully saturated rings. The van der Waals surface area contributed by atoms with Gasteiger partial charge in [0.15, 0.2) is 5.96 Å². The molecule has 0 saturated carbocycles. The van der Waals surface area contributed by atoms with Crippen molar-refractivity contribution in [3.8, 4) is 0 Å². The Morgan fingerprint density at radius 1 is 1.29 bits per heavy atom. The van der Waals surface area contributed by atoms with E-state index in [1.165, 1.54) is 12.1 Å². The summed E-state index contributed by atoms with van der Waals surface area (Å²) in [6.07, 6.45) is -1.02. The molecule has 1 amide bonds. The third-order valence-corrected chi connectivity index (χ3v) is 2.97. The maximum Gasteiger partial charge on any atom is 0.242 e. The van der Waals surface area contributed by atoms with Crippen molar-refractivity contribution in [2.24, 2.45) is 4.99 Å². The number of nitrogens with one attached hydrogen (secondary N) is 3. The highest BCUT2D eigenvalue weighted by Gasteiger charge is 2.14. The fourth-order valence-electron chi connectivity index (χ4n) is 2.00. The van der Waals surface area contributed by atoms with E-state index in [9.17, 15) is 14.3 Å². The second-order valence-electron chi connectivity index (χ2n) is 6.41. The number of carbonyl (C=O) groups is 1. The summed E-state index contributed by atoms with van der Waals surface area (Å²) in [6, 6.07) is 6.06. The van der Waals surface area contributed by atoms with Gasteiger partial charge in [0.25, 0.3) is 0 Å². The molecule has 1 rings (SSSR count). The second kappa shape index (κ2) is 9.22. The summed E-state index contributed by atoms with van der Waals surface area (Å²) in [6.45, 7) is 8.20. The van der Waals surface area contributed by atoms with Crippen LogP contribution in [0.1, 0.15) is 39.4 Å². The van der Waals surface area contributed by atoms with Gasteiger partial charge in [-0.2, -0.15) is 0 Å². The van der Waals surface area contributed by atoms with Crippen LogP contribution in [-0.4, -0.2) is 42.1 Å². The van der Waals surface area contributed by atoms with E-state index >= 15 is 0 Å².